The topological polar surface area (TPSA) is 49.4 Å². The number of carbonyl (C=O) groups excluding carboxylic acids is 2. The first kappa shape index (κ1) is 15.8. The Labute approximate surface area is 130 Å². The van der Waals surface area contributed by atoms with Gasteiger partial charge < -0.3 is 10.2 Å². The van der Waals surface area contributed by atoms with Gasteiger partial charge in [-0.1, -0.05) is 24.3 Å². The molecule has 0 heterocycles. The molecule has 0 aromatic heterocycles. The van der Waals surface area contributed by atoms with Crippen molar-refractivity contribution < 1.29 is 9.59 Å². The van der Waals surface area contributed by atoms with E-state index in [9.17, 15) is 9.59 Å². The van der Waals surface area contributed by atoms with E-state index in [-0.39, 0.29) is 18.4 Å². The Bertz CT molecular complexity index is 681. The van der Waals surface area contributed by atoms with E-state index in [1.165, 1.54) is 11.8 Å². The molecule has 0 aliphatic carbocycles. The second-order valence-electron chi connectivity index (χ2n) is 5.29. The smallest absolute Gasteiger partial charge is 0.244 e. The standard InChI is InChI=1S/C18H20N2O2/c1-13-9-10-17(11-14(13)2)20(15(3)21)12-18(22)19-16-7-5-4-6-8-16/h4-11H,12H2,1-3H3,(H,19,22). The predicted octanol–water partition coefficient (Wildman–Crippen LogP) is 3.30. The highest BCUT2D eigenvalue weighted by molar-refractivity contribution is 6.01. The lowest BCUT2D eigenvalue weighted by Gasteiger charge is -2.21. The number of rotatable bonds is 4. The maximum Gasteiger partial charge on any atom is 0.244 e. The molecule has 0 spiro atoms. The molecule has 4 nitrogen and oxygen atoms in total. The first-order chi connectivity index (χ1) is 10.5. The third kappa shape index (κ3) is 3.95. The monoisotopic (exact) mass is 296 g/mol. The molecule has 4 heteroatoms. The van der Waals surface area contributed by atoms with E-state index in [1.54, 1.807) is 0 Å². The molecule has 0 aliphatic heterocycles. The van der Waals surface area contributed by atoms with Crippen molar-refractivity contribution in [3.8, 4) is 0 Å². The van der Waals surface area contributed by atoms with Crippen LogP contribution in [0.2, 0.25) is 0 Å². The van der Waals surface area contributed by atoms with Crippen LogP contribution in [-0.2, 0) is 9.59 Å². The van der Waals surface area contributed by atoms with Crippen molar-refractivity contribution in [1.29, 1.82) is 0 Å². The summed E-state index contributed by atoms with van der Waals surface area (Å²) in [6, 6.07) is 14.9. The summed E-state index contributed by atoms with van der Waals surface area (Å²) < 4.78 is 0. The summed E-state index contributed by atoms with van der Waals surface area (Å²) in [6.45, 7) is 5.46. The Balaban J connectivity index is 2.13. The summed E-state index contributed by atoms with van der Waals surface area (Å²) in [4.78, 5) is 25.5. The fraction of sp³-hybridized carbons (Fsp3) is 0.222. The van der Waals surface area contributed by atoms with Crippen LogP contribution in [0.4, 0.5) is 11.4 Å². The van der Waals surface area contributed by atoms with Crippen molar-refractivity contribution in [3.05, 3.63) is 59.7 Å². The van der Waals surface area contributed by atoms with E-state index in [0.29, 0.717) is 0 Å². The van der Waals surface area contributed by atoms with Gasteiger partial charge >= 0.3 is 0 Å². The summed E-state index contributed by atoms with van der Waals surface area (Å²) in [5.41, 5.74) is 3.70. The highest BCUT2D eigenvalue weighted by Crippen LogP contribution is 2.19. The quantitative estimate of drug-likeness (QED) is 0.941. The number of hydrogen-bond acceptors (Lipinski definition) is 2. The molecule has 0 saturated carbocycles. The number of para-hydroxylation sites is 1. The number of nitrogens with zero attached hydrogens (tertiary/aromatic N) is 1. The number of nitrogens with one attached hydrogen (secondary N) is 1. The lowest BCUT2D eigenvalue weighted by atomic mass is 10.1. The molecule has 0 saturated heterocycles. The molecule has 22 heavy (non-hydrogen) atoms. The summed E-state index contributed by atoms with van der Waals surface area (Å²) in [5.74, 6) is -0.383. The minimum atomic E-state index is -0.223. The van der Waals surface area contributed by atoms with Gasteiger partial charge in [0.25, 0.3) is 0 Å². The SMILES string of the molecule is CC(=O)N(CC(=O)Nc1ccccc1)c1ccc(C)c(C)c1. The van der Waals surface area contributed by atoms with Gasteiger partial charge in [-0.2, -0.15) is 0 Å². The second kappa shape index (κ2) is 6.89. The number of carbonyl (C=O) groups is 2. The largest absolute Gasteiger partial charge is 0.325 e. The van der Waals surface area contributed by atoms with Crippen molar-refractivity contribution in [2.45, 2.75) is 20.8 Å². The molecule has 1 N–H and O–H groups in total. The average Bonchev–Trinajstić information content (AvgIpc) is 2.48. The van der Waals surface area contributed by atoms with Gasteiger partial charge in [0.2, 0.25) is 11.8 Å². The van der Waals surface area contributed by atoms with Crippen molar-refractivity contribution >= 4 is 23.2 Å². The Morgan fingerprint density at radius 3 is 2.27 bits per heavy atom. The zero-order valence-electron chi connectivity index (χ0n) is 13.1. The molecule has 0 radical (unpaired) electrons. The molecule has 2 rings (SSSR count). The van der Waals surface area contributed by atoms with Gasteiger partial charge in [-0.15, -0.1) is 0 Å². The molecular weight excluding hydrogens is 276 g/mol. The van der Waals surface area contributed by atoms with Crippen LogP contribution >= 0.6 is 0 Å². The summed E-state index contributed by atoms with van der Waals surface area (Å²) in [7, 11) is 0. The minimum absolute atomic E-state index is 0.00721. The lowest BCUT2D eigenvalue weighted by Crippen LogP contribution is -2.36. The van der Waals surface area contributed by atoms with Crippen molar-refractivity contribution in [1.82, 2.24) is 0 Å². The molecule has 0 unspecified atom stereocenters. The van der Waals surface area contributed by atoms with Crippen LogP contribution in [0.1, 0.15) is 18.1 Å². The van der Waals surface area contributed by atoms with E-state index in [2.05, 4.69) is 5.32 Å². The van der Waals surface area contributed by atoms with Crippen LogP contribution in [0, 0.1) is 13.8 Å². The van der Waals surface area contributed by atoms with Crippen LogP contribution in [0.3, 0.4) is 0 Å². The third-order valence-corrected chi connectivity index (χ3v) is 3.54. The van der Waals surface area contributed by atoms with E-state index in [1.807, 2.05) is 62.4 Å². The van der Waals surface area contributed by atoms with Crippen molar-refractivity contribution in [2.24, 2.45) is 0 Å². The zero-order chi connectivity index (χ0) is 16.1. The highest BCUT2D eigenvalue weighted by Gasteiger charge is 2.16. The van der Waals surface area contributed by atoms with Crippen molar-refractivity contribution in [3.63, 3.8) is 0 Å². The lowest BCUT2D eigenvalue weighted by molar-refractivity contribution is -0.120. The Hall–Kier alpha value is -2.62. The Kier molecular flexibility index (Phi) is 4.94. The van der Waals surface area contributed by atoms with E-state index >= 15 is 0 Å². The first-order valence-corrected chi connectivity index (χ1v) is 7.17. The van der Waals surface area contributed by atoms with Crippen LogP contribution < -0.4 is 10.2 Å². The normalized spacial score (nSPS) is 10.1. The molecule has 114 valence electrons. The number of anilines is 2. The van der Waals surface area contributed by atoms with Gasteiger partial charge in [0, 0.05) is 18.3 Å². The van der Waals surface area contributed by atoms with Gasteiger partial charge in [0.05, 0.1) is 0 Å². The maximum atomic E-state index is 12.1. The van der Waals surface area contributed by atoms with E-state index < -0.39 is 0 Å². The van der Waals surface area contributed by atoms with Crippen LogP contribution in [0.25, 0.3) is 0 Å². The zero-order valence-corrected chi connectivity index (χ0v) is 13.1. The van der Waals surface area contributed by atoms with Gasteiger partial charge in [-0.3, -0.25) is 9.59 Å². The number of amides is 2. The van der Waals surface area contributed by atoms with Crippen molar-refractivity contribution in [2.75, 3.05) is 16.8 Å². The first-order valence-electron chi connectivity index (χ1n) is 7.17. The number of aryl methyl sites for hydroxylation is 2. The molecule has 2 aromatic carbocycles. The van der Waals surface area contributed by atoms with E-state index in [0.717, 1.165) is 22.5 Å². The summed E-state index contributed by atoms with van der Waals surface area (Å²) >= 11 is 0. The summed E-state index contributed by atoms with van der Waals surface area (Å²) in [5, 5.41) is 2.79. The highest BCUT2D eigenvalue weighted by atomic mass is 16.2. The van der Waals surface area contributed by atoms with E-state index in [4.69, 9.17) is 0 Å². The molecule has 0 atom stereocenters. The van der Waals surface area contributed by atoms with Gasteiger partial charge in [0.15, 0.2) is 0 Å². The van der Waals surface area contributed by atoms with Crippen LogP contribution in [0.5, 0.6) is 0 Å². The fourth-order valence-corrected chi connectivity index (χ4v) is 2.14. The summed E-state index contributed by atoms with van der Waals surface area (Å²) in [6.07, 6.45) is 0. The molecule has 0 aliphatic rings. The molecule has 2 amide bonds. The minimum Gasteiger partial charge on any atom is -0.325 e. The third-order valence-electron chi connectivity index (χ3n) is 3.54. The molecule has 2 aromatic rings. The van der Waals surface area contributed by atoms with Gasteiger partial charge in [-0.25, -0.2) is 0 Å². The van der Waals surface area contributed by atoms with Crippen LogP contribution in [-0.4, -0.2) is 18.4 Å². The predicted molar refractivity (Wildman–Crippen MR) is 89.0 cm³/mol. The molecular formula is C18H20N2O2. The van der Waals surface area contributed by atoms with Crippen LogP contribution in [0.15, 0.2) is 48.5 Å². The molecule has 0 fully saturated rings. The van der Waals surface area contributed by atoms with Gasteiger partial charge in [0.1, 0.15) is 6.54 Å². The average molecular weight is 296 g/mol. The second-order valence-corrected chi connectivity index (χ2v) is 5.29. The number of hydrogen-bond donors (Lipinski definition) is 1. The maximum absolute atomic E-state index is 12.1. The Morgan fingerprint density at radius 2 is 1.68 bits per heavy atom. The molecule has 0 bridgehead atoms. The number of benzene rings is 2. The Morgan fingerprint density at radius 1 is 1.00 bits per heavy atom. The fourth-order valence-electron chi connectivity index (χ4n) is 2.14. The van der Waals surface area contributed by atoms with Gasteiger partial charge in [-0.05, 0) is 49.2 Å².